The number of hydrogen-bond donors (Lipinski definition) is 2. The van der Waals surface area contributed by atoms with Gasteiger partial charge in [-0.1, -0.05) is 30.2 Å². The molecule has 10 heteroatoms. The number of amides is 3. The van der Waals surface area contributed by atoms with Gasteiger partial charge in [-0.2, -0.15) is 0 Å². The molecular formula is C27H43ClN4O5. The molecule has 37 heavy (non-hydrogen) atoms. The summed E-state index contributed by atoms with van der Waals surface area (Å²) in [6, 6.07) is 7.67. The molecule has 2 aliphatic rings. The summed E-state index contributed by atoms with van der Waals surface area (Å²) in [7, 11) is 3.14. The Hall–Kier alpha value is -2.07. The first-order valence-electron chi connectivity index (χ1n) is 13.5. The maximum atomic E-state index is 13.4. The molecule has 0 aromatic heterocycles. The molecule has 2 aliphatic heterocycles. The third-order valence-corrected chi connectivity index (χ3v) is 7.42. The third kappa shape index (κ3) is 9.63. The Morgan fingerprint density at radius 3 is 2.92 bits per heavy atom. The summed E-state index contributed by atoms with van der Waals surface area (Å²) in [6.45, 7) is 4.34. The van der Waals surface area contributed by atoms with E-state index in [0.29, 0.717) is 37.2 Å². The SMILES string of the molecule is CNN(CCCC1CCCCOC1)C(=O)N1CCCC(C(OCCNC(=O)OC)c2cccc(Cl)c2)C1. The van der Waals surface area contributed by atoms with Gasteiger partial charge in [0.25, 0.3) is 0 Å². The molecule has 3 amide bonds. The monoisotopic (exact) mass is 538 g/mol. The van der Waals surface area contributed by atoms with E-state index >= 15 is 0 Å². The van der Waals surface area contributed by atoms with E-state index in [1.54, 1.807) is 12.1 Å². The van der Waals surface area contributed by atoms with E-state index in [1.807, 2.05) is 29.2 Å². The molecule has 0 spiro atoms. The molecule has 208 valence electrons. The highest BCUT2D eigenvalue weighted by Crippen LogP contribution is 2.34. The minimum absolute atomic E-state index is 0.00141. The Balaban J connectivity index is 1.58. The zero-order valence-electron chi connectivity index (χ0n) is 22.3. The highest BCUT2D eigenvalue weighted by molar-refractivity contribution is 6.30. The zero-order valence-corrected chi connectivity index (χ0v) is 23.0. The Morgan fingerprint density at radius 2 is 2.14 bits per heavy atom. The van der Waals surface area contributed by atoms with Crippen molar-refractivity contribution < 1.29 is 23.8 Å². The highest BCUT2D eigenvalue weighted by atomic mass is 35.5. The molecule has 1 aromatic carbocycles. The van der Waals surface area contributed by atoms with Gasteiger partial charge in [0.1, 0.15) is 0 Å². The molecule has 3 unspecified atom stereocenters. The number of nitrogens with zero attached hydrogens (tertiary/aromatic N) is 2. The number of hydrogen-bond acceptors (Lipinski definition) is 6. The number of carbonyl (C=O) groups is 2. The summed E-state index contributed by atoms with van der Waals surface area (Å²) in [4.78, 5) is 26.8. The number of likely N-dealkylation sites (tertiary alicyclic amines) is 1. The lowest BCUT2D eigenvalue weighted by Crippen LogP contribution is -2.52. The number of alkyl carbamates (subject to hydrolysis) is 1. The molecule has 0 saturated carbocycles. The first-order chi connectivity index (χ1) is 18.0. The summed E-state index contributed by atoms with van der Waals surface area (Å²) in [5, 5.41) is 5.02. The summed E-state index contributed by atoms with van der Waals surface area (Å²) >= 11 is 6.29. The summed E-state index contributed by atoms with van der Waals surface area (Å²) < 4.78 is 16.6. The largest absolute Gasteiger partial charge is 0.453 e. The van der Waals surface area contributed by atoms with Gasteiger partial charge in [-0.05, 0) is 62.1 Å². The van der Waals surface area contributed by atoms with Crippen molar-refractivity contribution in [1.82, 2.24) is 20.7 Å². The molecule has 3 rings (SSSR count). The maximum absolute atomic E-state index is 13.4. The second kappa shape index (κ2) is 16.0. The number of carbonyl (C=O) groups excluding carboxylic acids is 2. The molecule has 0 bridgehead atoms. The quantitative estimate of drug-likeness (QED) is 0.315. The van der Waals surface area contributed by atoms with E-state index in [4.69, 9.17) is 21.1 Å². The Bertz CT molecular complexity index is 837. The van der Waals surface area contributed by atoms with Gasteiger partial charge in [-0.3, -0.25) is 5.01 Å². The number of rotatable bonds is 11. The predicted molar refractivity (Wildman–Crippen MR) is 143 cm³/mol. The smallest absolute Gasteiger partial charge is 0.406 e. The second-order valence-corrected chi connectivity index (χ2v) is 10.3. The molecule has 2 fully saturated rings. The van der Waals surface area contributed by atoms with E-state index in [9.17, 15) is 9.59 Å². The van der Waals surface area contributed by atoms with Gasteiger partial charge < -0.3 is 24.4 Å². The molecule has 0 aliphatic carbocycles. The third-order valence-electron chi connectivity index (χ3n) is 7.19. The van der Waals surface area contributed by atoms with E-state index < -0.39 is 6.09 Å². The van der Waals surface area contributed by atoms with Gasteiger partial charge in [0.2, 0.25) is 0 Å². The molecular weight excluding hydrogens is 496 g/mol. The van der Waals surface area contributed by atoms with Crippen LogP contribution in [0.25, 0.3) is 0 Å². The van der Waals surface area contributed by atoms with Crippen molar-refractivity contribution in [1.29, 1.82) is 0 Å². The normalized spacial score (nSPS) is 21.1. The van der Waals surface area contributed by atoms with Crippen LogP contribution in [-0.4, -0.2) is 82.2 Å². The second-order valence-electron chi connectivity index (χ2n) is 9.85. The first-order valence-corrected chi connectivity index (χ1v) is 13.9. The molecule has 9 nitrogen and oxygen atoms in total. The Morgan fingerprint density at radius 1 is 1.27 bits per heavy atom. The summed E-state index contributed by atoms with van der Waals surface area (Å²) in [5.41, 5.74) is 4.07. The van der Waals surface area contributed by atoms with E-state index in [0.717, 1.165) is 57.4 Å². The summed E-state index contributed by atoms with van der Waals surface area (Å²) in [5.74, 6) is 0.691. The van der Waals surface area contributed by atoms with Crippen LogP contribution in [0.3, 0.4) is 0 Å². The topological polar surface area (TPSA) is 92.4 Å². The average molecular weight is 539 g/mol. The Labute approximate surface area is 226 Å². The minimum Gasteiger partial charge on any atom is -0.453 e. The van der Waals surface area contributed by atoms with Crippen molar-refractivity contribution in [3.05, 3.63) is 34.9 Å². The summed E-state index contributed by atoms with van der Waals surface area (Å²) in [6.07, 6.45) is 6.70. The Kier molecular flexibility index (Phi) is 12.8. The van der Waals surface area contributed by atoms with Crippen LogP contribution in [0, 0.1) is 11.8 Å². The van der Waals surface area contributed by atoms with Crippen molar-refractivity contribution in [3.63, 3.8) is 0 Å². The lowest BCUT2D eigenvalue weighted by molar-refractivity contribution is -0.0115. The highest BCUT2D eigenvalue weighted by Gasteiger charge is 2.33. The minimum atomic E-state index is -0.490. The van der Waals surface area contributed by atoms with Gasteiger partial charge in [-0.25, -0.2) is 15.0 Å². The fraction of sp³-hybridized carbons (Fsp3) is 0.704. The number of hydrazine groups is 1. The fourth-order valence-corrected chi connectivity index (χ4v) is 5.44. The molecule has 2 saturated heterocycles. The van der Waals surface area contributed by atoms with Gasteiger partial charge in [0.15, 0.2) is 0 Å². The standard InChI is InChI=1S/C27H43ClN4O5/c1-29-32(15-6-9-21-8-3-4-16-36-20-21)27(34)31-14-7-11-23(19-31)25(22-10-5-12-24(28)18-22)37-17-13-30-26(33)35-2/h5,10,12,18,21,23,25,29H,3-4,6-9,11,13-17,19-20H2,1-2H3,(H,30,33). The van der Waals surface area contributed by atoms with E-state index in [1.165, 1.54) is 20.0 Å². The van der Waals surface area contributed by atoms with Crippen molar-refractivity contribution in [2.24, 2.45) is 11.8 Å². The van der Waals surface area contributed by atoms with Crippen LogP contribution in [-0.2, 0) is 14.2 Å². The van der Waals surface area contributed by atoms with Gasteiger partial charge in [0.05, 0.1) is 19.8 Å². The fourth-order valence-electron chi connectivity index (χ4n) is 5.24. The van der Waals surface area contributed by atoms with Crippen molar-refractivity contribution in [3.8, 4) is 0 Å². The number of halogens is 1. The van der Waals surface area contributed by atoms with Gasteiger partial charge >= 0.3 is 12.1 Å². The van der Waals surface area contributed by atoms with Crippen LogP contribution >= 0.6 is 11.6 Å². The van der Waals surface area contributed by atoms with E-state index in [2.05, 4.69) is 15.5 Å². The zero-order chi connectivity index (χ0) is 26.5. The van der Waals surface area contributed by atoms with Gasteiger partial charge in [-0.15, -0.1) is 0 Å². The van der Waals surface area contributed by atoms with Gasteiger partial charge in [0, 0.05) is 57.4 Å². The number of benzene rings is 1. The molecule has 1 aromatic rings. The lowest BCUT2D eigenvalue weighted by Gasteiger charge is -2.39. The molecule has 3 atom stereocenters. The molecule has 0 radical (unpaired) electrons. The molecule has 2 N–H and O–H groups in total. The van der Waals surface area contributed by atoms with Crippen LogP contribution in [0.5, 0.6) is 0 Å². The van der Waals surface area contributed by atoms with Crippen LogP contribution in [0.2, 0.25) is 5.02 Å². The number of nitrogens with one attached hydrogen (secondary N) is 2. The van der Waals surface area contributed by atoms with E-state index in [-0.39, 0.29) is 18.1 Å². The number of ether oxygens (including phenoxy) is 3. The number of urea groups is 1. The van der Waals surface area contributed by atoms with Crippen LogP contribution in [0.15, 0.2) is 24.3 Å². The average Bonchev–Trinajstić information content (AvgIpc) is 3.19. The van der Waals surface area contributed by atoms with Crippen molar-refractivity contribution >= 4 is 23.7 Å². The maximum Gasteiger partial charge on any atom is 0.406 e. The lowest BCUT2D eigenvalue weighted by atomic mass is 9.88. The number of piperidine rings is 1. The van der Waals surface area contributed by atoms with Crippen molar-refractivity contribution in [2.75, 3.05) is 60.2 Å². The molecule has 2 heterocycles. The van der Waals surface area contributed by atoms with Crippen molar-refractivity contribution in [2.45, 2.75) is 51.0 Å². The van der Waals surface area contributed by atoms with Crippen LogP contribution < -0.4 is 10.7 Å². The first kappa shape index (κ1) is 29.5. The predicted octanol–water partition coefficient (Wildman–Crippen LogP) is 4.62. The van der Waals surface area contributed by atoms with Crippen LogP contribution in [0.1, 0.15) is 56.6 Å². The van der Waals surface area contributed by atoms with Crippen LogP contribution in [0.4, 0.5) is 9.59 Å². The number of methoxy groups -OCH3 is 1.